The first-order chi connectivity index (χ1) is 20.0. The standard InChI is InChI=1S/C30H38N2O10/c1-15(2)42-30(35)32-21(12-19-14-23(37-6)27(41-10)17(4)25(19)39-8)28(33)31-20(29(32)34)11-18-13-22(36-5)26(40-9)16(3)24(18)38-7/h11,13-15,21H,12H2,1-10H3,(H,31,33)/b20-11-. The molecule has 3 amide bonds. The number of carbonyl (C=O) groups excluding carboxylic acids is 3. The summed E-state index contributed by atoms with van der Waals surface area (Å²) in [6.07, 6.45) is -0.176. The van der Waals surface area contributed by atoms with E-state index in [1.54, 1.807) is 39.8 Å². The first-order valence-corrected chi connectivity index (χ1v) is 13.1. The number of hydrogen-bond acceptors (Lipinski definition) is 10. The largest absolute Gasteiger partial charge is 0.496 e. The Balaban J connectivity index is 2.15. The second-order valence-corrected chi connectivity index (χ2v) is 9.66. The number of ether oxygens (including phenoxy) is 7. The van der Waals surface area contributed by atoms with E-state index in [1.807, 2.05) is 0 Å². The summed E-state index contributed by atoms with van der Waals surface area (Å²) < 4.78 is 38.4. The molecule has 0 bridgehead atoms. The van der Waals surface area contributed by atoms with Crippen molar-refractivity contribution in [3.63, 3.8) is 0 Å². The fourth-order valence-electron chi connectivity index (χ4n) is 4.99. The van der Waals surface area contributed by atoms with Crippen molar-refractivity contribution in [1.82, 2.24) is 10.2 Å². The summed E-state index contributed by atoms with van der Waals surface area (Å²) in [5.74, 6) is 1.16. The van der Waals surface area contributed by atoms with Crippen LogP contribution < -0.4 is 33.7 Å². The Hall–Kier alpha value is -4.61. The molecule has 0 aromatic heterocycles. The van der Waals surface area contributed by atoms with Gasteiger partial charge in [0, 0.05) is 28.7 Å². The van der Waals surface area contributed by atoms with Crippen LogP contribution in [0.3, 0.4) is 0 Å². The van der Waals surface area contributed by atoms with Gasteiger partial charge >= 0.3 is 6.09 Å². The molecule has 12 nitrogen and oxygen atoms in total. The molecule has 1 fully saturated rings. The smallest absolute Gasteiger partial charge is 0.417 e. The van der Waals surface area contributed by atoms with Crippen LogP contribution in [0.1, 0.15) is 36.1 Å². The highest BCUT2D eigenvalue weighted by Gasteiger charge is 2.43. The molecule has 1 aliphatic rings. The normalized spacial score (nSPS) is 15.8. The van der Waals surface area contributed by atoms with E-state index in [0.29, 0.717) is 56.8 Å². The van der Waals surface area contributed by atoms with Crippen molar-refractivity contribution in [2.75, 3.05) is 42.7 Å². The summed E-state index contributed by atoms with van der Waals surface area (Å²) in [6, 6.07) is 2.00. The van der Waals surface area contributed by atoms with E-state index in [-0.39, 0.29) is 12.1 Å². The van der Waals surface area contributed by atoms with Gasteiger partial charge in [0.05, 0.1) is 48.8 Å². The van der Waals surface area contributed by atoms with Crippen molar-refractivity contribution in [2.45, 2.75) is 46.3 Å². The maximum absolute atomic E-state index is 13.9. The van der Waals surface area contributed by atoms with E-state index in [1.165, 1.54) is 48.7 Å². The average Bonchev–Trinajstić information content (AvgIpc) is 2.94. The summed E-state index contributed by atoms with van der Waals surface area (Å²) in [7, 11) is 8.92. The molecule has 1 atom stereocenters. The molecule has 3 rings (SSSR count). The van der Waals surface area contributed by atoms with Gasteiger partial charge in [-0.1, -0.05) is 0 Å². The molecule has 228 valence electrons. The van der Waals surface area contributed by atoms with Crippen molar-refractivity contribution in [1.29, 1.82) is 0 Å². The Bertz CT molecular complexity index is 1400. The molecular weight excluding hydrogens is 548 g/mol. The summed E-state index contributed by atoms with van der Waals surface area (Å²) in [5.41, 5.74) is 2.03. The zero-order chi connectivity index (χ0) is 31.3. The van der Waals surface area contributed by atoms with Crippen LogP contribution >= 0.6 is 0 Å². The second-order valence-electron chi connectivity index (χ2n) is 9.66. The molecule has 2 aromatic carbocycles. The SMILES string of the molecule is COc1cc(/C=C2\NC(=O)C(Cc3cc(OC)c(OC)c(C)c3OC)N(C(=O)OC(C)C)C2=O)c(OC)c(C)c1OC. The molecule has 12 heteroatoms. The van der Waals surface area contributed by atoms with E-state index >= 15 is 0 Å². The average molecular weight is 587 g/mol. The number of rotatable bonds is 10. The summed E-state index contributed by atoms with van der Waals surface area (Å²) in [4.78, 5) is 41.6. The quantitative estimate of drug-likeness (QED) is 0.410. The highest BCUT2D eigenvalue weighted by molar-refractivity contribution is 6.13. The van der Waals surface area contributed by atoms with Crippen molar-refractivity contribution >= 4 is 24.0 Å². The highest BCUT2D eigenvalue weighted by Crippen LogP contribution is 2.42. The van der Waals surface area contributed by atoms with Gasteiger partial charge in [-0.25, -0.2) is 9.69 Å². The van der Waals surface area contributed by atoms with Crippen LogP contribution in [0, 0.1) is 13.8 Å². The molecule has 1 aliphatic heterocycles. The van der Waals surface area contributed by atoms with Crippen LogP contribution in [0.25, 0.3) is 6.08 Å². The van der Waals surface area contributed by atoms with Crippen LogP contribution in [0.2, 0.25) is 0 Å². The lowest BCUT2D eigenvalue weighted by Crippen LogP contribution is -2.60. The number of amides is 3. The minimum absolute atomic E-state index is 0.0821. The predicted octanol–water partition coefficient (Wildman–Crippen LogP) is 3.81. The lowest BCUT2D eigenvalue weighted by atomic mass is 9.97. The van der Waals surface area contributed by atoms with Gasteiger partial charge in [-0.15, -0.1) is 0 Å². The lowest BCUT2D eigenvalue weighted by Gasteiger charge is -2.34. The van der Waals surface area contributed by atoms with Gasteiger partial charge in [0.15, 0.2) is 23.0 Å². The number of nitrogens with zero attached hydrogens (tertiary/aromatic N) is 1. The van der Waals surface area contributed by atoms with Gasteiger partial charge in [-0.05, 0) is 45.9 Å². The first-order valence-electron chi connectivity index (χ1n) is 13.1. The summed E-state index contributed by atoms with van der Waals surface area (Å²) in [6.45, 7) is 6.84. The number of imide groups is 1. The zero-order valence-corrected chi connectivity index (χ0v) is 25.6. The van der Waals surface area contributed by atoms with Crippen molar-refractivity contribution < 1.29 is 47.5 Å². The van der Waals surface area contributed by atoms with Crippen LogP contribution in [0.4, 0.5) is 4.79 Å². The van der Waals surface area contributed by atoms with Gasteiger partial charge in [-0.2, -0.15) is 0 Å². The lowest BCUT2D eigenvalue weighted by molar-refractivity contribution is -0.140. The van der Waals surface area contributed by atoms with Crippen molar-refractivity contribution in [2.24, 2.45) is 0 Å². The number of carbonyl (C=O) groups is 3. The topological polar surface area (TPSA) is 131 Å². The van der Waals surface area contributed by atoms with Crippen LogP contribution in [-0.2, 0) is 20.7 Å². The molecule has 1 N–H and O–H groups in total. The number of nitrogens with one attached hydrogen (secondary N) is 1. The van der Waals surface area contributed by atoms with E-state index in [9.17, 15) is 14.4 Å². The fraction of sp³-hybridized carbons (Fsp3) is 0.433. The number of piperazine rings is 1. The maximum atomic E-state index is 13.9. The number of hydrogen-bond donors (Lipinski definition) is 1. The van der Waals surface area contributed by atoms with E-state index < -0.39 is 30.1 Å². The molecule has 0 saturated carbocycles. The predicted molar refractivity (Wildman–Crippen MR) is 154 cm³/mol. The molecule has 1 unspecified atom stereocenters. The minimum Gasteiger partial charge on any atom is -0.496 e. The number of benzene rings is 2. The Labute approximate surface area is 245 Å². The summed E-state index contributed by atoms with van der Waals surface area (Å²) in [5, 5.41) is 2.66. The van der Waals surface area contributed by atoms with E-state index in [0.717, 1.165) is 4.90 Å². The highest BCUT2D eigenvalue weighted by atomic mass is 16.6. The molecule has 0 radical (unpaired) electrons. The molecule has 0 spiro atoms. The maximum Gasteiger partial charge on any atom is 0.417 e. The molecule has 1 saturated heterocycles. The Kier molecular flexibility index (Phi) is 10.2. The Morgan fingerprint density at radius 2 is 1.36 bits per heavy atom. The van der Waals surface area contributed by atoms with Gasteiger partial charge in [0.1, 0.15) is 23.2 Å². The first kappa shape index (κ1) is 31.9. The molecular formula is C30H38N2O10. The van der Waals surface area contributed by atoms with Gasteiger partial charge < -0.3 is 38.5 Å². The molecule has 42 heavy (non-hydrogen) atoms. The van der Waals surface area contributed by atoms with Gasteiger partial charge in [0.2, 0.25) is 5.91 Å². The van der Waals surface area contributed by atoms with E-state index in [2.05, 4.69) is 5.32 Å². The van der Waals surface area contributed by atoms with Gasteiger partial charge in [-0.3, -0.25) is 9.59 Å². The van der Waals surface area contributed by atoms with E-state index in [4.69, 9.17) is 33.2 Å². The molecule has 1 heterocycles. The third-order valence-electron chi connectivity index (χ3n) is 6.78. The van der Waals surface area contributed by atoms with Crippen molar-refractivity contribution in [3.8, 4) is 34.5 Å². The molecule has 0 aliphatic carbocycles. The fourth-order valence-corrected chi connectivity index (χ4v) is 4.99. The minimum atomic E-state index is -1.26. The van der Waals surface area contributed by atoms with Gasteiger partial charge in [0.25, 0.3) is 5.91 Å². The third-order valence-corrected chi connectivity index (χ3v) is 6.78. The second kappa shape index (κ2) is 13.4. The van der Waals surface area contributed by atoms with Crippen LogP contribution in [0.5, 0.6) is 34.5 Å². The monoisotopic (exact) mass is 586 g/mol. The van der Waals surface area contributed by atoms with Crippen LogP contribution in [0.15, 0.2) is 17.8 Å². The summed E-state index contributed by atoms with van der Waals surface area (Å²) >= 11 is 0. The molecule has 2 aromatic rings. The van der Waals surface area contributed by atoms with Crippen LogP contribution in [-0.4, -0.2) is 77.6 Å². The Morgan fingerprint density at radius 1 is 0.833 bits per heavy atom. The number of methoxy groups -OCH3 is 6. The third kappa shape index (κ3) is 6.02. The zero-order valence-electron chi connectivity index (χ0n) is 25.6. The van der Waals surface area contributed by atoms with Crippen molar-refractivity contribution in [3.05, 3.63) is 40.1 Å². The Morgan fingerprint density at radius 3 is 1.86 bits per heavy atom.